The van der Waals surface area contributed by atoms with Gasteiger partial charge < -0.3 is 10.3 Å². The van der Waals surface area contributed by atoms with E-state index in [9.17, 15) is 9.59 Å². The van der Waals surface area contributed by atoms with Gasteiger partial charge in [-0.05, 0) is 25.2 Å². The predicted octanol–water partition coefficient (Wildman–Crippen LogP) is 2.46. The van der Waals surface area contributed by atoms with Gasteiger partial charge in [0.15, 0.2) is 5.43 Å². The number of aromatic nitrogens is 1. The average molecular weight is 262 g/mol. The summed E-state index contributed by atoms with van der Waals surface area (Å²) in [6, 6.07) is 1.57. The quantitative estimate of drug-likeness (QED) is 0.875. The van der Waals surface area contributed by atoms with Gasteiger partial charge in [-0.15, -0.1) is 0 Å². The Labute approximate surface area is 113 Å². The number of hydrogen-bond donors (Lipinski definition) is 2. The molecule has 1 amide bonds. The van der Waals surface area contributed by atoms with E-state index in [2.05, 4.69) is 17.2 Å². The van der Waals surface area contributed by atoms with Gasteiger partial charge in [-0.1, -0.05) is 26.2 Å². The molecule has 2 N–H and O–H groups in total. The molecule has 4 nitrogen and oxygen atoms in total. The smallest absolute Gasteiger partial charge is 0.256 e. The maximum atomic E-state index is 12.1. The van der Waals surface area contributed by atoms with Crippen molar-refractivity contribution in [3.05, 3.63) is 34.2 Å². The highest BCUT2D eigenvalue weighted by molar-refractivity contribution is 5.93. The summed E-state index contributed by atoms with van der Waals surface area (Å²) in [7, 11) is 0. The first-order valence-corrected chi connectivity index (χ1v) is 7.20. The normalized spacial score (nSPS) is 17.9. The summed E-state index contributed by atoms with van der Waals surface area (Å²) in [6.07, 6.45) is 10.1. The Hall–Kier alpha value is -1.58. The molecule has 104 valence electrons. The highest BCUT2D eigenvalue weighted by atomic mass is 16.2. The fourth-order valence-electron chi connectivity index (χ4n) is 2.93. The first-order valence-electron chi connectivity index (χ1n) is 7.20. The third-order valence-corrected chi connectivity index (χ3v) is 4.04. The molecule has 0 bridgehead atoms. The van der Waals surface area contributed by atoms with E-state index in [1.807, 2.05) is 0 Å². The van der Waals surface area contributed by atoms with Crippen LogP contribution >= 0.6 is 0 Å². The molecule has 1 saturated carbocycles. The second-order valence-electron chi connectivity index (χ2n) is 5.31. The van der Waals surface area contributed by atoms with Crippen LogP contribution in [0.3, 0.4) is 0 Å². The number of amides is 1. The van der Waals surface area contributed by atoms with E-state index in [4.69, 9.17) is 0 Å². The third-order valence-electron chi connectivity index (χ3n) is 4.04. The SMILES string of the molecule is CCC(NC(=O)c1c[nH]ccc1=O)C1CCCCC1. The van der Waals surface area contributed by atoms with Crippen molar-refractivity contribution in [2.75, 3.05) is 0 Å². The molecule has 0 spiro atoms. The molecule has 1 aliphatic rings. The van der Waals surface area contributed by atoms with Crippen LogP contribution in [0.25, 0.3) is 0 Å². The molecule has 19 heavy (non-hydrogen) atoms. The lowest BCUT2D eigenvalue weighted by molar-refractivity contribution is 0.0909. The second kappa shape index (κ2) is 6.55. The Morgan fingerprint density at radius 1 is 1.42 bits per heavy atom. The second-order valence-corrected chi connectivity index (χ2v) is 5.31. The van der Waals surface area contributed by atoms with Gasteiger partial charge in [-0.3, -0.25) is 9.59 Å². The zero-order chi connectivity index (χ0) is 13.7. The van der Waals surface area contributed by atoms with E-state index < -0.39 is 0 Å². The number of hydrogen-bond acceptors (Lipinski definition) is 2. The molecule has 1 aromatic rings. The Morgan fingerprint density at radius 2 is 2.16 bits per heavy atom. The molecule has 1 unspecified atom stereocenters. The van der Waals surface area contributed by atoms with E-state index in [1.165, 1.54) is 50.6 Å². The van der Waals surface area contributed by atoms with E-state index in [-0.39, 0.29) is 22.9 Å². The van der Waals surface area contributed by atoms with E-state index in [0.29, 0.717) is 5.92 Å². The van der Waals surface area contributed by atoms with Crippen LogP contribution in [-0.4, -0.2) is 16.9 Å². The number of nitrogens with one attached hydrogen (secondary N) is 2. The fourth-order valence-corrected chi connectivity index (χ4v) is 2.93. The zero-order valence-corrected chi connectivity index (χ0v) is 11.4. The van der Waals surface area contributed by atoms with Crippen LogP contribution < -0.4 is 10.7 Å². The third kappa shape index (κ3) is 3.46. The largest absolute Gasteiger partial charge is 0.367 e. The molecule has 4 heteroatoms. The molecule has 0 aromatic carbocycles. The first-order chi connectivity index (χ1) is 9.22. The summed E-state index contributed by atoms with van der Waals surface area (Å²) < 4.78 is 0. The molecule has 0 radical (unpaired) electrons. The molecule has 2 rings (SSSR count). The summed E-state index contributed by atoms with van der Waals surface area (Å²) in [4.78, 5) is 26.6. The Bertz CT molecular complexity index is 475. The molecular formula is C15H22N2O2. The maximum Gasteiger partial charge on any atom is 0.256 e. The molecule has 0 aliphatic heterocycles. The van der Waals surface area contributed by atoms with Crippen molar-refractivity contribution in [1.82, 2.24) is 10.3 Å². The standard InChI is InChI=1S/C15H22N2O2/c1-2-13(11-6-4-3-5-7-11)17-15(19)12-10-16-9-8-14(12)18/h8-11,13H,2-7H2,1H3,(H,16,18)(H,17,19). The zero-order valence-electron chi connectivity index (χ0n) is 11.4. The van der Waals surface area contributed by atoms with E-state index >= 15 is 0 Å². The van der Waals surface area contributed by atoms with Crippen LogP contribution in [-0.2, 0) is 0 Å². The Kier molecular flexibility index (Phi) is 4.77. The van der Waals surface area contributed by atoms with Crippen LogP contribution in [0.5, 0.6) is 0 Å². The van der Waals surface area contributed by atoms with Gasteiger partial charge in [0.2, 0.25) is 0 Å². The number of carbonyl (C=O) groups excluding carboxylic acids is 1. The number of rotatable bonds is 4. The number of aromatic amines is 1. The van der Waals surface area contributed by atoms with Crippen molar-refractivity contribution in [2.45, 2.75) is 51.5 Å². The van der Waals surface area contributed by atoms with E-state index in [0.717, 1.165) is 6.42 Å². The lowest BCUT2D eigenvalue weighted by Crippen LogP contribution is -2.42. The summed E-state index contributed by atoms with van der Waals surface area (Å²) in [5, 5.41) is 3.03. The lowest BCUT2D eigenvalue weighted by Gasteiger charge is -2.30. The summed E-state index contributed by atoms with van der Waals surface area (Å²) in [5.74, 6) is 0.310. The minimum atomic E-state index is -0.251. The molecule has 1 heterocycles. The van der Waals surface area contributed by atoms with Gasteiger partial charge in [-0.2, -0.15) is 0 Å². The van der Waals surface area contributed by atoms with Gasteiger partial charge >= 0.3 is 0 Å². The monoisotopic (exact) mass is 262 g/mol. The summed E-state index contributed by atoms with van der Waals surface area (Å²) >= 11 is 0. The number of H-pyrrole nitrogens is 1. The lowest BCUT2D eigenvalue weighted by atomic mass is 9.83. The van der Waals surface area contributed by atoms with Gasteiger partial charge in [0, 0.05) is 24.5 Å². The van der Waals surface area contributed by atoms with Crippen molar-refractivity contribution in [2.24, 2.45) is 5.92 Å². The molecule has 1 atom stereocenters. The van der Waals surface area contributed by atoms with E-state index in [1.54, 1.807) is 0 Å². The van der Waals surface area contributed by atoms with Gasteiger partial charge in [0.1, 0.15) is 5.56 Å². The molecule has 1 aliphatic carbocycles. The molecular weight excluding hydrogens is 240 g/mol. The van der Waals surface area contributed by atoms with Gasteiger partial charge in [0.25, 0.3) is 5.91 Å². The van der Waals surface area contributed by atoms with Gasteiger partial charge in [-0.25, -0.2) is 0 Å². The van der Waals surface area contributed by atoms with Crippen molar-refractivity contribution in [1.29, 1.82) is 0 Å². The topological polar surface area (TPSA) is 62.0 Å². The number of pyridine rings is 1. The van der Waals surface area contributed by atoms with Crippen molar-refractivity contribution >= 4 is 5.91 Å². The van der Waals surface area contributed by atoms with Crippen molar-refractivity contribution in [3.63, 3.8) is 0 Å². The predicted molar refractivity (Wildman–Crippen MR) is 75.2 cm³/mol. The van der Waals surface area contributed by atoms with Crippen LogP contribution in [0.4, 0.5) is 0 Å². The average Bonchev–Trinajstić information content (AvgIpc) is 2.46. The molecule has 1 aromatic heterocycles. The summed E-state index contributed by atoms with van der Waals surface area (Å²) in [5.41, 5.74) is -0.0218. The first kappa shape index (κ1) is 13.8. The summed E-state index contributed by atoms with van der Waals surface area (Å²) in [6.45, 7) is 2.09. The van der Waals surface area contributed by atoms with Crippen molar-refractivity contribution < 1.29 is 4.79 Å². The van der Waals surface area contributed by atoms with Crippen LogP contribution in [0, 0.1) is 5.92 Å². The Balaban J connectivity index is 2.04. The van der Waals surface area contributed by atoms with Crippen molar-refractivity contribution in [3.8, 4) is 0 Å². The van der Waals surface area contributed by atoms with Crippen LogP contribution in [0.2, 0.25) is 0 Å². The highest BCUT2D eigenvalue weighted by Crippen LogP contribution is 2.27. The molecule has 0 saturated heterocycles. The maximum absolute atomic E-state index is 12.1. The number of carbonyl (C=O) groups is 1. The van der Waals surface area contributed by atoms with Gasteiger partial charge in [0.05, 0.1) is 0 Å². The Morgan fingerprint density at radius 3 is 2.79 bits per heavy atom. The minimum Gasteiger partial charge on any atom is -0.367 e. The molecule has 1 fully saturated rings. The highest BCUT2D eigenvalue weighted by Gasteiger charge is 2.24. The van der Waals surface area contributed by atoms with Crippen LogP contribution in [0.15, 0.2) is 23.3 Å². The fraction of sp³-hybridized carbons (Fsp3) is 0.600. The minimum absolute atomic E-state index is 0.187. The van der Waals surface area contributed by atoms with Crippen LogP contribution in [0.1, 0.15) is 55.8 Å².